The molecule has 0 saturated heterocycles. The molecule has 0 radical (unpaired) electrons. The lowest BCUT2D eigenvalue weighted by atomic mass is 9.77. The van der Waals surface area contributed by atoms with Crippen molar-refractivity contribution in [2.75, 3.05) is 0 Å². The number of amides is 1. The van der Waals surface area contributed by atoms with Crippen molar-refractivity contribution in [3.63, 3.8) is 0 Å². The fraction of sp³-hybridized carbons (Fsp3) is 0.172. The lowest BCUT2D eigenvalue weighted by Crippen LogP contribution is -2.30. The number of benzene rings is 3. The molecule has 5 rings (SSSR count). The average molecular weight is 419 g/mol. The number of carbonyl (C=O) groups excluding carboxylic acids is 1. The fourth-order valence-corrected chi connectivity index (χ4v) is 4.72. The van der Waals surface area contributed by atoms with Crippen LogP contribution in [0.5, 0.6) is 0 Å². The van der Waals surface area contributed by atoms with Crippen molar-refractivity contribution in [1.29, 1.82) is 0 Å². The van der Waals surface area contributed by atoms with E-state index in [9.17, 15) is 4.79 Å². The Morgan fingerprint density at radius 2 is 1.47 bits per heavy atom. The first-order valence-electron chi connectivity index (χ1n) is 11.3. The number of fused-ring (bicyclic) bond motifs is 1. The highest BCUT2D eigenvalue weighted by molar-refractivity contribution is 6.08. The van der Waals surface area contributed by atoms with E-state index in [1.54, 1.807) is 11.1 Å². The van der Waals surface area contributed by atoms with Crippen LogP contribution in [0.25, 0.3) is 12.2 Å². The van der Waals surface area contributed by atoms with E-state index in [1.165, 1.54) is 11.1 Å². The monoisotopic (exact) mass is 418 g/mol. The van der Waals surface area contributed by atoms with Crippen molar-refractivity contribution in [2.45, 2.75) is 25.3 Å². The van der Waals surface area contributed by atoms with Crippen molar-refractivity contribution < 1.29 is 4.79 Å². The molecule has 2 aliphatic rings. The van der Waals surface area contributed by atoms with Crippen LogP contribution in [0, 0.1) is 5.92 Å². The van der Waals surface area contributed by atoms with Gasteiger partial charge < -0.3 is 0 Å². The summed E-state index contributed by atoms with van der Waals surface area (Å²) in [5, 5.41) is 6.65. The quantitative estimate of drug-likeness (QED) is 0.444. The largest absolute Gasteiger partial charge is 0.268 e. The summed E-state index contributed by atoms with van der Waals surface area (Å²) in [6.45, 7) is 0. The molecule has 3 aromatic rings. The lowest BCUT2D eigenvalue weighted by Gasteiger charge is -2.29. The third-order valence-corrected chi connectivity index (χ3v) is 6.23. The standard InChI is InChI=1S/C29H26N2O/c32-27(20-19-22-11-4-1-5-12-22)31-29(24-15-8-3-9-16-24)26-18-10-17-25(28(26)30-31)21-23-13-6-2-7-14-23/h1-9,11-16,19-21,26,29H,10,17-18H2/b20-19+,25-21+/t26-,29+/m1/s1. The molecule has 0 unspecified atom stereocenters. The van der Waals surface area contributed by atoms with Crippen LogP contribution in [-0.2, 0) is 4.79 Å². The first-order chi connectivity index (χ1) is 15.8. The molecule has 1 aliphatic heterocycles. The van der Waals surface area contributed by atoms with Crippen LogP contribution >= 0.6 is 0 Å². The topological polar surface area (TPSA) is 32.7 Å². The first-order valence-corrected chi connectivity index (χ1v) is 11.3. The number of hydrogen-bond acceptors (Lipinski definition) is 2. The Kier molecular flexibility index (Phi) is 5.80. The van der Waals surface area contributed by atoms with Crippen LogP contribution in [-0.4, -0.2) is 16.6 Å². The number of rotatable bonds is 4. The molecule has 1 fully saturated rings. The summed E-state index contributed by atoms with van der Waals surface area (Å²) in [6.07, 6.45) is 8.89. The van der Waals surface area contributed by atoms with Gasteiger partial charge in [-0.2, -0.15) is 5.10 Å². The predicted octanol–water partition coefficient (Wildman–Crippen LogP) is 6.52. The summed E-state index contributed by atoms with van der Waals surface area (Å²) in [5.41, 5.74) is 5.63. The number of hydrogen-bond donors (Lipinski definition) is 0. The van der Waals surface area contributed by atoms with Crippen LogP contribution in [0.3, 0.4) is 0 Å². The van der Waals surface area contributed by atoms with Crippen LogP contribution in [0.2, 0.25) is 0 Å². The van der Waals surface area contributed by atoms with Gasteiger partial charge in [-0.15, -0.1) is 0 Å². The van der Waals surface area contributed by atoms with Gasteiger partial charge in [-0.05, 0) is 53.7 Å². The average Bonchev–Trinajstić information content (AvgIpc) is 3.25. The van der Waals surface area contributed by atoms with E-state index in [2.05, 4.69) is 42.5 Å². The van der Waals surface area contributed by atoms with Gasteiger partial charge in [-0.3, -0.25) is 4.79 Å². The molecule has 0 bridgehead atoms. The molecule has 2 atom stereocenters. The van der Waals surface area contributed by atoms with Crippen LogP contribution in [0.1, 0.15) is 42.0 Å². The van der Waals surface area contributed by atoms with Crippen LogP contribution in [0.4, 0.5) is 0 Å². The van der Waals surface area contributed by atoms with Crippen molar-refractivity contribution in [1.82, 2.24) is 5.01 Å². The molecule has 1 saturated carbocycles. The highest BCUT2D eigenvalue weighted by Gasteiger charge is 2.43. The summed E-state index contributed by atoms with van der Waals surface area (Å²) in [7, 11) is 0. The molecule has 3 nitrogen and oxygen atoms in total. The van der Waals surface area contributed by atoms with Gasteiger partial charge in [0, 0.05) is 12.0 Å². The minimum Gasteiger partial charge on any atom is -0.268 e. The maximum absolute atomic E-state index is 13.3. The van der Waals surface area contributed by atoms with Gasteiger partial charge in [0.15, 0.2) is 0 Å². The van der Waals surface area contributed by atoms with Gasteiger partial charge in [-0.25, -0.2) is 5.01 Å². The van der Waals surface area contributed by atoms with E-state index < -0.39 is 0 Å². The zero-order chi connectivity index (χ0) is 21.8. The summed E-state index contributed by atoms with van der Waals surface area (Å²) in [4.78, 5) is 13.3. The molecule has 0 aromatic heterocycles. The molecular formula is C29H26N2O. The highest BCUT2D eigenvalue weighted by Crippen LogP contribution is 2.44. The van der Waals surface area contributed by atoms with Gasteiger partial charge in [0.1, 0.15) is 0 Å². The highest BCUT2D eigenvalue weighted by atomic mass is 16.2. The summed E-state index contributed by atoms with van der Waals surface area (Å²) < 4.78 is 0. The Labute approximate surface area is 189 Å². The SMILES string of the molecule is O=C(/C=C/c1ccccc1)N1N=C2/C(=C/c3ccccc3)CCC[C@H]2[C@@H]1c1ccccc1. The third-order valence-electron chi connectivity index (χ3n) is 6.23. The second-order valence-corrected chi connectivity index (χ2v) is 8.35. The second-order valence-electron chi connectivity index (χ2n) is 8.35. The number of carbonyl (C=O) groups is 1. The van der Waals surface area contributed by atoms with Crippen molar-refractivity contribution in [3.8, 4) is 0 Å². The van der Waals surface area contributed by atoms with Crippen molar-refractivity contribution in [2.24, 2.45) is 11.0 Å². The fourth-order valence-electron chi connectivity index (χ4n) is 4.72. The minimum absolute atomic E-state index is 0.0707. The van der Waals surface area contributed by atoms with Crippen molar-refractivity contribution >= 4 is 23.8 Å². The summed E-state index contributed by atoms with van der Waals surface area (Å²) in [5.74, 6) is 0.138. The van der Waals surface area contributed by atoms with Crippen LogP contribution < -0.4 is 0 Å². The lowest BCUT2D eigenvalue weighted by molar-refractivity contribution is -0.128. The summed E-state index contributed by atoms with van der Waals surface area (Å²) >= 11 is 0. The van der Waals surface area contributed by atoms with Gasteiger partial charge >= 0.3 is 0 Å². The van der Waals surface area contributed by atoms with E-state index in [4.69, 9.17) is 5.10 Å². The van der Waals surface area contributed by atoms with Gasteiger partial charge in [0.25, 0.3) is 5.91 Å². The Morgan fingerprint density at radius 1 is 0.844 bits per heavy atom. The van der Waals surface area contributed by atoms with Gasteiger partial charge in [0.2, 0.25) is 0 Å². The molecular weight excluding hydrogens is 392 g/mol. The number of allylic oxidation sites excluding steroid dienone is 1. The molecule has 0 spiro atoms. The molecule has 1 aliphatic carbocycles. The zero-order valence-electron chi connectivity index (χ0n) is 18.0. The van der Waals surface area contributed by atoms with E-state index in [-0.39, 0.29) is 17.9 Å². The maximum Gasteiger partial charge on any atom is 0.267 e. The molecule has 3 aromatic carbocycles. The molecule has 0 N–H and O–H groups in total. The molecule has 32 heavy (non-hydrogen) atoms. The van der Waals surface area contributed by atoms with Gasteiger partial charge in [0.05, 0.1) is 11.8 Å². The summed E-state index contributed by atoms with van der Waals surface area (Å²) in [6, 6.07) is 30.5. The van der Waals surface area contributed by atoms with E-state index >= 15 is 0 Å². The second kappa shape index (κ2) is 9.19. The third kappa shape index (κ3) is 4.19. The number of hydrazone groups is 1. The Balaban J connectivity index is 1.51. The molecule has 3 heteroatoms. The smallest absolute Gasteiger partial charge is 0.267 e. The van der Waals surface area contributed by atoms with E-state index in [0.717, 1.165) is 36.1 Å². The molecule has 1 heterocycles. The number of nitrogens with zero attached hydrogens (tertiary/aromatic N) is 2. The predicted molar refractivity (Wildman–Crippen MR) is 131 cm³/mol. The normalized spacial score (nSPS) is 21.6. The zero-order valence-corrected chi connectivity index (χ0v) is 18.0. The maximum atomic E-state index is 13.3. The van der Waals surface area contributed by atoms with Crippen LogP contribution in [0.15, 0.2) is 108 Å². The molecule has 158 valence electrons. The van der Waals surface area contributed by atoms with E-state index in [0.29, 0.717) is 0 Å². The minimum atomic E-state index is -0.0799. The van der Waals surface area contributed by atoms with E-state index in [1.807, 2.05) is 60.7 Å². The first kappa shape index (κ1) is 20.2. The van der Waals surface area contributed by atoms with Gasteiger partial charge in [-0.1, -0.05) is 91.0 Å². The Bertz CT molecular complexity index is 1160. The van der Waals surface area contributed by atoms with Crippen molar-refractivity contribution in [3.05, 3.63) is 119 Å². The molecule has 1 amide bonds. The Hall–Kier alpha value is -3.72. The Morgan fingerprint density at radius 3 is 2.16 bits per heavy atom.